The van der Waals surface area contributed by atoms with Gasteiger partial charge in [0.1, 0.15) is 18.1 Å². The molecular formula is C31H34N2O4. The Labute approximate surface area is 219 Å². The molecule has 0 spiro atoms. The fourth-order valence-corrected chi connectivity index (χ4v) is 4.83. The Morgan fingerprint density at radius 2 is 1.65 bits per heavy atom. The first-order valence-corrected chi connectivity index (χ1v) is 12.8. The van der Waals surface area contributed by atoms with Crippen LogP contribution >= 0.6 is 0 Å². The predicted molar refractivity (Wildman–Crippen MR) is 147 cm³/mol. The number of nitrogens with zero attached hydrogens (tertiary/aromatic N) is 2. The van der Waals surface area contributed by atoms with Gasteiger partial charge in [0.25, 0.3) is 5.91 Å². The van der Waals surface area contributed by atoms with Gasteiger partial charge in [0.15, 0.2) is 0 Å². The van der Waals surface area contributed by atoms with Gasteiger partial charge >= 0.3 is 0 Å². The molecular weight excluding hydrogens is 464 g/mol. The summed E-state index contributed by atoms with van der Waals surface area (Å²) in [6, 6.07) is 24.5. The van der Waals surface area contributed by atoms with E-state index in [4.69, 9.17) is 9.47 Å². The molecule has 0 aromatic heterocycles. The lowest BCUT2D eigenvalue weighted by Crippen LogP contribution is -2.47. The van der Waals surface area contributed by atoms with Gasteiger partial charge in [-0.1, -0.05) is 49.9 Å². The van der Waals surface area contributed by atoms with Crippen LogP contribution in [0.3, 0.4) is 0 Å². The molecule has 0 fully saturated rings. The Hall–Kier alpha value is -4.06. The normalized spacial score (nSPS) is 16.5. The van der Waals surface area contributed by atoms with E-state index in [0.717, 1.165) is 16.9 Å². The van der Waals surface area contributed by atoms with Gasteiger partial charge in [0, 0.05) is 29.4 Å². The van der Waals surface area contributed by atoms with Crippen molar-refractivity contribution >= 4 is 23.2 Å². The fourth-order valence-electron chi connectivity index (χ4n) is 4.83. The maximum atomic E-state index is 13.7. The van der Waals surface area contributed by atoms with Crippen molar-refractivity contribution in [2.75, 3.05) is 23.0 Å². The minimum absolute atomic E-state index is 0.0561. The smallest absolute Gasteiger partial charge is 0.258 e. The van der Waals surface area contributed by atoms with E-state index >= 15 is 0 Å². The zero-order chi connectivity index (χ0) is 26.4. The third-order valence-electron chi connectivity index (χ3n) is 6.55. The largest absolute Gasteiger partial charge is 0.495 e. The Bertz CT molecular complexity index is 1240. The van der Waals surface area contributed by atoms with E-state index in [1.54, 1.807) is 24.3 Å². The molecule has 1 heterocycles. The topological polar surface area (TPSA) is 59.1 Å². The van der Waals surface area contributed by atoms with E-state index < -0.39 is 0 Å². The average molecular weight is 499 g/mol. The van der Waals surface area contributed by atoms with Gasteiger partial charge in [-0.05, 0) is 68.3 Å². The van der Waals surface area contributed by atoms with E-state index in [0.29, 0.717) is 36.5 Å². The van der Waals surface area contributed by atoms with Gasteiger partial charge in [-0.15, -0.1) is 0 Å². The second-order valence-corrected chi connectivity index (χ2v) is 9.07. The summed E-state index contributed by atoms with van der Waals surface area (Å²) in [5.74, 6) is 1.17. The number of rotatable bonds is 9. The van der Waals surface area contributed by atoms with Crippen molar-refractivity contribution in [3.63, 3.8) is 0 Å². The first kappa shape index (κ1) is 26.0. The molecule has 0 saturated carbocycles. The Morgan fingerprint density at radius 3 is 2.32 bits per heavy atom. The number of anilines is 2. The number of amides is 2. The molecule has 3 aromatic carbocycles. The van der Waals surface area contributed by atoms with E-state index in [2.05, 4.69) is 6.58 Å². The van der Waals surface area contributed by atoms with Crippen molar-refractivity contribution in [1.29, 1.82) is 0 Å². The highest BCUT2D eigenvalue weighted by molar-refractivity contribution is 6.07. The molecule has 6 heteroatoms. The first-order chi connectivity index (χ1) is 17.9. The number of fused-ring (bicyclic) bond motifs is 1. The molecule has 0 N–H and O–H groups in total. The highest BCUT2D eigenvalue weighted by Crippen LogP contribution is 2.43. The van der Waals surface area contributed by atoms with E-state index in [9.17, 15) is 9.59 Å². The van der Waals surface area contributed by atoms with E-state index in [1.165, 1.54) is 0 Å². The lowest BCUT2D eigenvalue weighted by Gasteiger charge is -2.43. The van der Waals surface area contributed by atoms with Crippen LogP contribution in [0.2, 0.25) is 0 Å². The molecule has 2 unspecified atom stereocenters. The molecule has 0 radical (unpaired) electrons. The predicted octanol–water partition coefficient (Wildman–Crippen LogP) is 6.54. The van der Waals surface area contributed by atoms with Crippen LogP contribution in [-0.2, 0) is 9.53 Å². The summed E-state index contributed by atoms with van der Waals surface area (Å²) in [7, 11) is 0. The lowest BCUT2D eigenvalue weighted by molar-refractivity contribution is -0.118. The van der Waals surface area contributed by atoms with Gasteiger partial charge in [0.05, 0.1) is 12.6 Å². The van der Waals surface area contributed by atoms with Crippen LogP contribution in [0.1, 0.15) is 55.6 Å². The van der Waals surface area contributed by atoms with Crippen molar-refractivity contribution in [2.45, 2.75) is 45.7 Å². The highest BCUT2D eigenvalue weighted by Gasteiger charge is 2.38. The lowest BCUT2D eigenvalue weighted by atomic mass is 9.89. The minimum Gasteiger partial charge on any atom is -0.495 e. The van der Waals surface area contributed by atoms with Gasteiger partial charge in [-0.2, -0.15) is 0 Å². The molecule has 37 heavy (non-hydrogen) atoms. The molecule has 6 nitrogen and oxygen atoms in total. The minimum atomic E-state index is -0.167. The third kappa shape index (κ3) is 5.69. The molecule has 2 amide bonds. The number of benzene rings is 3. The van der Waals surface area contributed by atoms with E-state index in [1.807, 2.05) is 85.2 Å². The molecule has 192 valence electrons. The zero-order valence-corrected chi connectivity index (χ0v) is 21.7. The number of hydrogen-bond acceptors (Lipinski definition) is 4. The molecule has 1 aliphatic rings. The van der Waals surface area contributed by atoms with Gasteiger partial charge < -0.3 is 19.3 Å². The van der Waals surface area contributed by atoms with Crippen LogP contribution in [0, 0.1) is 0 Å². The summed E-state index contributed by atoms with van der Waals surface area (Å²) in [5.41, 5.74) is 3.23. The van der Waals surface area contributed by atoms with Crippen molar-refractivity contribution in [1.82, 2.24) is 0 Å². The molecule has 1 aliphatic heterocycles. The number of carbonyl (C=O) groups excluding carboxylic acids is 2. The second kappa shape index (κ2) is 11.8. The van der Waals surface area contributed by atoms with Crippen LogP contribution < -0.4 is 14.5 Å². The summed E-state index contributed by atoms with van der Waals surface area (Å²) in [6.45, 7) is 10.4. The summed E-state index contributed by atoms with van der Waals surface area (Å²) in [6.07, 6.45) is 1.03. The Kier molecular flexibility index (Phi) is 8.29. The molecule has 0 bridgehead atoms. The number of hydrogen-bond donors (Lipinski definition) is 0. The second-order valence-electron chi connectivity index (χ2n) is 9.07. The SMILES string of the molecule is C=C(COc1ccc(C(=O)N2c3ccccc3C(N(C(=O)CC)c3ccccc3)CC2C)cc1)OCC. The fraction of sp³-hybridized carbons (Fsp3) is 0.290. The van der Waals surface area contributed by atoms with Crippen LogP contribution in [0.4, 0.5) is 11.4 Å². The number of ether oxygens (including phenoxy) is 2. The van der Waals surface area contributed by atoms with Crippen LogP contribution in [0.25, 0.3) is 0 Å². The van der Waals surface area contributed by atoms with Crippen molar-refractivity contribution in [2.24, 2.45) is 0 Å². The maximum Gasteiger partial charge on any atom is 0.258 e. The van der Waals surface area contributed by atoms with Crippen molar-refractivity contribution in [3.05, 3.63) is 102 Å². The summed E-state index contributed by atoms with van der Waals surface area (Å²) >= 11 is 0. The molecule has 2 atom stereocenters. The summed E-state index contributed by atoms with van der Waals surface area (Å²) in [4.78, 5) is 30.6. The Balaban J connectivity index is 1.61. The summed E-state index contributed by atoms with van der Waals surface area (Å²) < 4.78 is 11.0. The molecule has 4 rings (SSSR count). The highest BCUT2D eigenvalue weighted by atomic mass is 16.5. The summed E-state index contributed by atoms with van der Waals surface area (Å²) in [5, 5.41) is 0. The van der Waals surface area contributed by atoms with Crippen LogP contribution in [0.15, 0.2) is 91.2 Å². The van der Waals surface area contributed by atoms with Crippen LogP contribution in [0.5, 0.6) is 5.75 Å². The monoisotopic (exact) mass is 498 g/mol. The third-order valence-corrected chi connectivity index (χ3v) is 6.55. The number of para-hydroxylation sites is 2. The maximum absolute atomic E-state index is 13.7. The van der Waals surface area contributed by atoms with Gasteiger partial charge in [-0.3, -0.25) is 9.59 Å². The first-order valence-electron chi connectivity index (χ1n) is 12.8. The molecule has 0 aliphatic carbocycles. The zero-order valence-electron chi connectivity index (χ0n) is 21.7. The molecule has 3 aromatic rings. The van der Waals surface area contributed by atoms with Gasteiger partial charge in [-0.25, -0.2) is 0 Å². The van der Waals surface area contributed by atoms with Crippen LogP contribution in [-0.4, -0.2) is 31.1 Å². The standard InChI is InChI=1S/C31H34N2O4/c1-5-30(34)33(25-12-8-7-9-13-25)29-20-22(3)32(28-15-11-10-14-27(28)29)31(35)24-16-18-26(19-17-24)37-21-23(4)36-6-2/h7-19,22,29H,4-6,20-21H2,1-3H3. The van der Waals surface area contributed by atoms with Crippen molar-refractivity contribution in [3.8, 4) is 5.75 Å². The van der Waals surface area contributed by atoms with E-state index in [-0.39, 0.29) is 30.5 Å². The molecule has 0 saturated heterocycles. The Morgan fingerprint density at radius 1 is 0.973 bits per heavy atom. The van der Waals surface area contributed by atoms with Gasteiger partial charge in [0.2, 0.25) is 5.91 Å². The number of carbonyl (C=O) groups is 2. The average Bonchev–Trinajstić information content (AvgIpc) is 2.92. The van der Waals surface area contributed by atoms with Crippen molar-refractivity contribution < 1.29 is 19.1 Å². The quantitative estimate of drug-likeness (QED) is 0.314.